The molecule has 1 heterocycles. The molecule has 15 heavy (non-hydrogen) atoms. The molecule has 0 unspecified atom stereocenters. The van der Waals surface area contributed by atoms with E-state index in [1.165, 1.54) is 24.1 Å². The second-order valence-electron chi connectivity index (χ2n) is 5.07. The van der Waals surface area contributed by atoms with Gasteiger partial charge >= 0.3 is 0 Å². The minimum absolute atomic E-state index is 0.728. The van der Waals surface area contributed by atoms with Gasteiger partial charge in [0.15, 0.2) is 0 Å². The molecule has 0 spiro atoms. The van der Waals surface area contributed by atoms with Crippen LogP contribution in [0.2, 0.25) is 0 Å². The van der Waals surface area contributed by atoms with E-state index < -0.39 is 0 Å². The zero-order valence-electron chi connectivity index (χ0n) is 9.88. The van der Waals surface area contributed by atoms with Crippen LogP contribution in [0.3, 0.4) is 0 Å². The Kier molecular flexibility index (Phi) is 3.10. The van der Waals surface area contributed by atoms with Crippen LogP contribution in [-0.4, -0.2) is 16.2 Å². The highest BCUT2D eigenvalue weighted by atomic mass is 15.1. The van der Waals surface area contributed by atoms with Gasteiger partial charge in [-0.25, -0.2) is 0 Å². The van der Waals surface area contributed by atoms with Crippen LogP contribution in [0, 0.1) is 18.8 Å². The lowest BCUT2D eigenvalue weighted by Gasteiger charge is -2.38. The van der Waals surface area contributed by atoms with Gasteiger partial charge in [-0.2, -0.15) is 5.10 Å². The van der Waals surface area contributed by atoms with Crippen LogP contribution in [0.5, 0.6) is 0 Å². The Balaban J connectivity index is 1.71. The summed E-state index contributed by atoms with van der Waals surface area (Å²) in [6.07, 6.45) is 4.60. The monoisotopic (exact) mass is 207 g/mol. The minimum Gasteiger partial charge on any atom is -0.310 e. The second kappa shape index (κ2) is 4.35. The summed E-state index contributed by atoms with van der Waals surface area (Å²) >= 11 is 0. The fourth-order valence-corrected chi connectivity index (χ4v) is 2.18. The van der Waals surface area contributed by atoms with Crippen molar-refractivity contribution in [3.63, 3.8) is 0 Å². The smallest absolute Gasteiger partial charge is 0.0535 e. The summed E-state index contributed by atoms with van der Waals surface area (Å²) in [5, 5.41) is 10.6. The quantitative estimate of drug-likeness (QED) is 0.795. The molecule has 0 aromatic carbocycles. The number of aromatic amines is 1. The molecular weight excluding hydrogens is 186 g/mol. The number of rotatable bonds is 4. The van der Waals surface area contributed by atoms with Crippen molar-refractivity contribution >= 4 is 0 Å². The van der Waals surface area contributed by atoms with Crippen LogP contribution in [0.1, 0.15) is 37.9 Å². The van der Waals surface area contributed by atoms with Gasteiger partial charge in [0, 0.05) is 23.8 Å². The van der Waals surface area contributed by atoms with Crippen LogP contribution >= 0.6 is 0 Å². The molecule has 1 fully saturated rings. The predicted molar refractivity (Wildman–Crippen MR) is 61.5 cm³/mol. The third-order valence-corrected chi connectivity index (χ3v) is 3.63. The maximum absolute atomic E-state index is 4.02. The van der Waals surface area contributed by atoms with E-state index in [1.54, 1.807) is 0 Å². The van der Waals surface area contributed by atoms with Crippen molar-refractivity contribution in [1.82, 2.24) is 15.5 Å². The van der Waals surface area contributed by atoms with Gasteiger partial charge in [0.2, 0.25) is 0 Å². The van der Waals surface area contributed by atoms with Gasteiger partial charge in [0.25, 0.3) is 0 Å². The third kappa shape index (κ3) is 2.40. The van der Waals surface area contributed by atoms with E-state index >= 15 is 0 Å². The zero-order chi connectivity index (χ0) is 10.8. The predicted octanol–water partition coefficient (Wildman–Crippen LogP) is 2.24. The normalized spacial score (nSPS) is 25.6. The van der Waals surface area contributed by atoms with Gasteiger partial charge in [-0.3, -0.25) is 5.10 Å². The third-order valence-electron chi connectivity index (χ3n) is 3.63. The van der Waals surface area contributed by atoms with E-state index in [4.69, 9.17) is 0 Å². The first kappa shape index (κ1) is 10.7. The van der Waals surface area contributed by atoms with Gasteiger partial charge in [-0.1, -0.05) is 13.8 Å². The molecule has 0 radical (unpaired) electrons. The average Bonchev–Trinajstić information content (AvgIpc) is 2.48. The van der Waals surface area contributed by atoms with Crippen molar-refractivity contribution in [2.24, 2.45) is 11.8 Å². The molecule has 1 aliphatic carbocycles. The van der Waals surface area contributed by atoms with Gasteiger partial charge in [-0.15, -0.1) is 0 Å². The first-order valence-corrected chi connectivity index (χ1v) is 5.89. The summed E-state index contributed by atoms with van der Waals surface area (Å²) < 4.78 is 0. The molecule has 2 N–H and O–H groups in total. The van der Waals surface area contributed by atoms with Gasteiger partial charge in [-0.05, 0) is 31.6 Å². The number of H-pyrrole nitrogens is 1. The van der Waals surface area contributed by atoms with Crippen molar-refractivity contribution in [1.29, 1.82) is 0 Å². The van der Waals surface area contributed by atoms with Gasteiger partial charge in [0.1, 0.15) is 0 Å². The first-order chi connectivity index (χ1) is 7.16. The summed E-state index contributed by atoms with van der Waals surface area (Å²) in [6.45, 7) is 7.67. The lowest BCUT2D eigenvalue weighted by atomic mass is 9.73. The summed E-state index contributed by atoms with van der Waals surface area (Å²) in [5.41, 5.74) is 2.48. The number of nitrogens with zero attached hydrogens (tertiary/aromatic N) is 1. The van der Waals surface area contributed by atoms with Crippen molar-refractivity contribution in [2.45, 2.75) is 46.2 Å². The van der Waals surface area contributed by atoms with Crippen molar-refractivity contribution < 1.29 is 0 Å². The molecule has 0 saturated heterocycles. The van der Waals surface area contributed by atoms with E-state index in [-0.39, 0.29) is 0 Å². The molecule has 1 aliphatic rings. The van der Waals surface area contributed by atoms with Crippen molar-refractivity contribution in [3.8, 4) is 0 Å². The van der Waals surface area contributed by atoms with Crippen molar-refractivity contribution in [2.75, 3.05) is 0 Å². The largest absolute Gasteiger partial charge is 0.310 e. The summed E-state index contributed by atoms with van der Waals surface area (Å²) in [5.74, 6) is 1.78. The molecule has 0 atom stereocenters. The molecular formula is C12H21N3. The fourth-order valence-electron chi connectivity index (χ4n) is 2.18. The topological polar surface area (TPSA) is 40.7 Å². The van der Waals surface area contributed by atoms with Gasteiger partial charge < -0.3 is 5.32 Å². The molecule has 0 aliphatic heterocycles. The summed E-state index contributed by atoms with van der Waals surface area (Å²) in [4.78, 5) is 0. The number of hydrogen-bond acceptors (Lipinski definition) is 2. The molecule has 0 bridgehead atoms. The van der Waals surface area contributed by atoms with Crippen molar-refractivity contribution in [3.05, 3.63) is 17.5 Å². The standard InChI is InChI=1S/C12H21N3/c1-8(2)10-4-12(5-10)13-6-11-7-14-15-9(11)3/h7-8,10,12-13H,4-6H2,1-3H3,(H,14,15). The molecule has 2 rings (SSSR count). The maximum atomic E-state index is 4.02. The number of nitrogens with one attached hydrogen (secondary N) is 2. The maximum Gasteiger partial charge on any atom is 0.0535 e. The molecule has 1 aromatic heterocycles. The Morgan fingerprint density at radius 2 is 2.27 bits per heavy atom. The van der Waals surface area contributed by atoms with E-state index in [1.807, 2.05) is 6.20 Å². The van der Waals surface area contributed by atoms with E-state index in [0.29, 0.717) is 0 Å². The lowest BCUT2D eigenvalue weighted by molar-refractivity contribution is 0.167. The first-order valence-electron chi connectivity index (χ1n) is 5.89. The molecule has 0 amide bonds. The molecule has 1 aromatic rings. The van der Waals surface area contributed by atoms with Crippen LogP contribution in [-0.2, 0) is 6.54 Å². The number of hydrogen-bond donors (Lipinski definition) is 2. The highest BCUT2D eigenvalue weighted by molar-refractivity contribution is 5.14. The number of aromatic nitrogens is 2. The summed E-state index contributed by atoms with van der Waals surface area (Å²) in [6, 6.07) is 0.728. The highest BCUT2D eigenvalue weighted by Gasteiger charge is 2.30. The zero-order valence-corrected chi connectivity index (χ0v) is 9.88. The Hall–Kier alpha value is -0.830. The summed E-state index contributed by atoms with van der Waals surface area (Å²) in [7, 11) is 0. The van der Waals surface area contributed by atoms with Crippen LogP contribution in [0.15, 0.2) is 6.20 Å². The van der Waals surface area contributed by atoms with E-state index in [2.05, 4.69) is 36.3 Å². The molecule has 3 nitrogen and oxygen atoms in total. The Morgan fingerprint density at radius 1 is 1.53 bits per heavy atom. The van der Waals surface area contributed by atoms with Crippen LogP contribution in [0.4, 0.5) is 0 Å². The average molecular weight is 207 g/mol. The van der Waals surface area contributed by atoms with Crippen LogP contribution in [0.25, 0.3) is 0 Å². The molecule has 84 valence electrons. The SMILES string of the molecule is Cc1[nH]ncc1CNC1CC(C(C)C)C1. The second-order valence-corrected chi connectivity index (χ2v) is 5.07. The molecule has 3 heteroatoms. The molecule has 1 saturated carbocycles. The Morgan fingerprint density at radius 3 is 2.80 bits per heavy atom. The lowest BCUT2D eigenvalue weighted by Crippen LogP contribution is -2.42. The van der Waals surface area contributed by atoms with E-state index in [0.717, 1.165) is 24.4 Å². The van der Waals surface area contributed by atoms with E-state index in [9.17, 15) is 0 Å². The Labute approximate surface area is 91.7 Å². The fraction of sp³-hybridized carbons (Fsp3) is 0.750. The minimum atomic E-state index is 0.728. The van der Waals surface area contributed by atoms with Gasteiger partial charge in [0.05, 0.1) is 6.20 Å². The number of aryl methyl sites for hydroxylation is 1. The van der Waals surface area contributed by atoms with Crippen LogP contribution < -0.4 is 5.32 Å². The Bertz CT molecular complexity index is 310. The highest BCUT2D eigenvalue weighted by Crippen LogP contribution is 2.33.